The molecule has 1 aromatic heterocycles. The Morgan fingerprint density at radius 3 is 2.43 bits per heavy atom. The minimum atomic E-state index is -0.592. The Labute approximate surface area is 127 Å². The number of nitrogen functional groups attached to an aromatic ring is 1. The Morgan fingerprint density at radius 2 is 1.90 bits per heavy atom. The topological polar surface area (TPSA) is 98.6 Å². The maximum atomic E-state index is 11.8. The first-order valence-electron chi connectivity index (χ1n) is 7.08. The summed E-state index contributed by atoms with van der Waals surface area (Å²) in [6.07, 6.45) is 3.75. The monoisotopic (exact) mass is 309 g/mol. The van der Waals surface area contributed by atoms with Crippen molar-refractivity contribution in [3.63, 3.8) is 0 Å². The number of hydrogen-bond acceptors (Lipinski definition) is 6. The van der Waals surface area contributed by atoms with Gasteiger partial charge in [0.1, 0.15) is 9.88 Å². The van der Waals surface area contributed by atoms with Crippen molar-refractivity contribution in [1.82, 2.24) is 0 Å². The summed E-state index contributed by atoms with van der Waals surface area (Å²) in [5.74, 6) is 0.239. The first kappa shape index (κ1) is 14.2. The van der Waals surface area contributed by atoms with Crippen molar-refractivity contribution < 1.29 is 14.3 Å². The van der Waals surface area contributed by atoms with E-state index in [0.29, 0.717) is 11.8 Å². The lowest BCUT2D eigenvalue weighted by Crippen LogP contribution is -2.23. The zero-order valence-corrected chi connectivity index (χ0v) is 12.7. The quantitative estimate of drug-likeness (QED) is 0.823. The van der Waals surface area contributed by atoms with Gasteiger partial charge < -0.3 is 21.1 Å². The fraction of sp³-hybridized carbons (Fsp3) is 0.571. The number of thiophene rings is 1. The number of esters is 1. The van der Waals surface area contributed by atoms with Gasteiger partial charge in [0.05, 0.1) is 18.4 Å². The van der Waals surface area contributed by atoms with Gasteiger partial charge in [-0.3, -0.25) is 4.79 Å². The Bertz CT molecular complexity index is 587. The van der Waals surface area contributed by atoms with Crippen LogP contribution in [0, 0.1) is 11.8 Å². The molecule has 0 radical (unpaired) electrons. The zero-order chi connectivity index (χ0) is 15.1. The van der Waals surface area contributed by atoms with E-state index in [1.807, 2.05) is 0 Å². The second-order valence-corrected chi connectivity index (χ2v) is 6.74. The number of amides is 1. The van der Waals surface area contributed by atoms with Gasteiger partial charge in [0.15, 0.2) is 0 Å². The number of anilines is 2. The minimum Gasteiger partial charge on any atom is -0.465 e. The van der Waals surface area contributed by atoms with E-state index in [0.717, 1.165) is 18.1 Å². The van der Waals surface area contributed by atoms with Crippen LogP contribution in [0.15, 0.2) is 0 Å². The van der Waals surface area contributed by atoms with Crippen molar-refractivity contribution >= 4 is 33.9 Å². The Kier molecular flexibility index (Phi) is 3.52. The van der Waals surface area contributed by atoms with Crippen molar-refractivity contribution in [2.75, 3.05) is 30.8 Å². The van der Waals surface area contributed by atoms with Gasteiger partial charge in [-0.25, -0.2) is 4.79 Å². The molecule has 0 aromatic carbocycles. The third kappa shape index (κ3) is 2.25. The largest absolute Gasteiger partial charge is 0.465 e. The van der Waals surface area contributed by atoms with Crippen LogP contribution in [-0.2, 0) is 4.74 Å². The van der Waals surface area contributed by atoms with E-state index in [2.05, 4.69) is 4.90 Å². The molecule has 7 heteroatoms. The SMILES string of the molecule is COC(=O)c1sc(N2CC3CCCC3C2)c(C(N)=O)c1N. The van der Waals surface area contributed by atoms with Gasteiger partial charge in [0.2, 0.25) is 0 Å². The second kappa shape index (κ2) is 5.22. The molecule has 1 saturated heterocycles. The summed E-state index contributed by atoms with van der Waals surface area (Å²) in [5.41, 5.74) is 11.8. The van der Waals surface area contributed by atoms with Crippen molar-refractivity contribution in [2.45, 2.75) is 19.3 Å². The number of carbonyl (C=O) groups is 2. The molecule has 1 saturated carbocycles. The number of fused-ring (bicyclic) bond motifs is 1. The molecule has 0 spiro atoms. The lowest BCUT2D eigenvalue weighted by Gasteiger charge is -2.18. The maximum absolute atomic E-state index is 11.8. The maximum Gasteiger partial charge on any atom is 0.350 e. The molecule has 2 heterocycles. The Balaban J connectivity index is 1.98. The average molecular weight is 309 g/mol. The average Bonchev–Trinajstić information content (AvgIpc) is 3.09. The van der Waals surface area contributed by atoms with Crippen LogP contribution in [0.1, 0.15) is 39.3 Å². The van der Waals surface area contributed by atoms with Crippen molar-refractivity contribution in [2.24, 2.45) is 17.6 Å². The number of ether oxygens (including phenoxy) is 1. The molecule has 2 unspecified atom stereocenters. The van der Waals surface area contributed by atoms with Crippen LogP contribution >= 0.6 is 11.3 Å². The van der Waals surface area contributed by atoms with Crippen LogP contribution in [0.25, 0.3) is 0 Å². The molecule has 1 amide bonds. The van der Waals surface area contributed by atoms with Gasteiger partial charge in [0.25, 0.3) is 5.91 Å². The predicted octanol–water partition coefficient (Wildman–Crippen LogP) is 1.45. The van der Waals surface area contributed by atoms with Crippen LogP contribution in [0.4, 0.5) is 10.7 Å². The molecule has 2 atom stereocenters. The minimum absolute atomic E-state index is 0.145. The predicted molar refractivity (Wildman–Crippen MR) is 81.6 cm³/mol. The number of rotatable bonds is 3. The molecule has 6 nitrogen and oxygen atoms in total. The summed E-state index contributed by atoms with van der Waals surface area (Å²) in [6.45, 7) is 1.82. The molecule has 2 aliphatic rings. The fourth-order valence-electron chi connectivity index (χ4n) is 3.54. The molecule has 0 bridgehead atoms. The zero-order valence-electron chi connectivity index (χ0n) is 11.9. The van der Waals surface area contributed by atoms with Crippen LogP contribution < -0.4 is 16.4 Å². The van der Waals surface area contributed by atoms with Crippen LogP contribution in [0.2, 0.25) is 0 Å². The Morgan fingerprint density at radius 1 is 1.29 bits per heavy atom. The summed E-state index contributed by atoms with van der Waals surface area (Å²) < 4.78 is 4.72. The second-order valence-electron chi connectivity index (χ2n) is 5.74. The van der Waals surface area contributed by atoms with Crippen LogP contribution in [-0.4, -0.2) is 32.1 Å². The summed E-state index contributed by atoms with van der Waals surface area (Å²) in [6, 6.07) is 0. The highest BCUT2D eigenvalue weighted by molar-refractivity contribution is 7.19. The van der Waals surface area contributed by atoms with E-state index in [1.54, 1.807) is 0 Å². The highest BCUT2D eigenvalue weighted by atomic mass is 32.1. The van der Waals surface area contributed by atoms with Gasteiger partial charge in [-0.1, -0.05) is 6.42 Å². The third-order valence-corrected chi connectivity index (χ3v) is 5.80. The summed E-state index contributed by atoms with van der Waals surface area (Å²) >= 11 is 1.21. The molecule has 2 fully saturated rings. The van der Waals surface area contributed by atoms with Crippen LogP contribution in [0.5, 0.6) is 0 Å². The smallest absolute Gasteiger partial charge is 0.350 e. The number of primary amides is 1. The first-order chi connectivity index (χ1) is 10.0. The third-order valence-electron chi connectivity index (χ3n) is 4.56. The standard InChI is InChI=1S/C14H19N3O3S/c1-20-14(19)11-10(15)9(12(16)18)13(21-11)17-5-7-3-2-4-8(7)6-17/h7-8H,2-6,15H2,1H3,(H2,16,18). The molecular weight excluding hydrogens is 290 g/mol. The van der Waals surface area contributed by atoms with E-state index in [-0.39, 0.29) is 16.1 Å². The van der Waals surface area contributed by atoms with E-state index in [4.69, 9.17) is 16.2 Å². The molecule has 1 aromatic rings. The molecule has 114 valence electrons. The van der Waals surface area contributed by atoms with Crippen molar-refractivity contribution in [3.8, 4) is 0 Å². The van der Waals surface area contributed by atoms with E-state index in [9.17, 15) is 9.59 Å². The molecule has 21 heavy (non-hydrogen) atoms. The number of nitrogens with zero attached hydrogens (tertiary/aromatic N) is 1. The van der Waals surface area contributed by atoms with E-state index < -0.39 is 11.9 Å². The van der Waals surface area contributed by atoms with Crippen molar-refractivity contribution in [1.29, 1.82) is 0 Å². The lowest BCUT2D eigenvalue weighted by atomic mass is 10.0. The molecule has 4 N–H and O–H groups in total. The van der Waals surface area contributed by atoms with Gasteiger partial charge in [-0.15, -0.1) is 11.3 Å². The van der Waals surface area contributed by atoms with Gasteiger partial charge in [0, 0.05) is 13.1 Å². The molecule has 1 aliphatic carbocycles. The van der Waals surface area contributed by atoms with Gasteiger partial charge in [-0.2, -0.15) is 0 Å². The summed E-state index contributed by atoms with van der Waals surface area (Å²) in [5, 5.41) is 0.717. The summed E-state index contributed by atoms with van der Waals surface area (Å²) in [7, 11) is 1.30. The number of nitrogens with two attached hydrogens (primary N) is 2. The number of carbonyl (C=O) groups excluding carboxylic acids is 2. The highest BCUT2D eigenvalue weighted by Gasteiger charge is 2.39. The van der Waals surface area contributed by atoms with Crippen molar-refractivity contribution in [3.05, 3.63) is 10.4 Å². The fourth-order valence-corrected chi connectivity index (χ4v) is 4.70. The number of hydrogen-bond donors (Lipinski definition) is 2. The number of methoxy groups -OCH3 is 1. The Hall–Kier alpha value is -1.76. The highest BCUT2D eigenvalue weighted by Crippen LogP contribution is 2.45. The van der Waals surface area contributed by atoms with E-state index >= 15 is 0 Å². The molecular formula is C14H19N3O3S. The normalized spacial score (nSPS) is 24.1. The van der Waals surface area contributed by atoms with Gasteiger partial charge in [-0.05, 0) is 24.7 Å². The lowest BCUT2D eigenvalue weighted by molar-refractivity contribution is 0.0607. The summed E-state index contributed by atoms with van der Waals surface area (Å²) in [4.78, 5) is 25.9. The van der Waals surface area contributed by atoms with Gasteiger partial charge >= 0.3 is 5.97 Å². The molecule has 1 aliphatic heterocycles. The first-order valence-corrected chi connectivity index (χ1v) is 7.90. The van der Waals surface area contributed by atoms with Crippen LogP contribution in [0.3, 0.4) is 0 Å². The van der Waals surface area contributed by atoms with E-state index in [1.165, 1.54) is 37.7 Å². The molecule has 3 rings (SSSR count).